The number of hydrogen-bond donors (Lipinski definition) is 1. The van der Waals surface area contributed by atoms with E-state index in [1.54, 1.807) is 17.4 Å². The zero-order valence-electron chi connectivity index (χ0n) is 14.5. The van der Waals surface area contributed by atoms with Crippen molar-refractivity contribution in [2.45, 2.75) is 24.8 Å². The van der Waals surface area contributed by atoms with Crippen LogP contribution < -0.4 is 9.46 Å². The molecule has 0 fully saturated rings. The van der Waals surface area contributed by atoms with Crippen LogP contribution in [0.2, 0.25) is 5.02 Å². The molecule has 1 atom stereocenters. The Balaban J connectivity index is 2.24. The molecule has 0 bridgehead atoms. The Morgan fingerprint density at radius 3 is 2.56 bits per heavy atom. The van der Waals surface area contributed by atoms with Crippen LogP contribution in [0.1, 0.15) is 25.5 Å². The molecule has 138 valence electrons. The standard InChI is InChI=1S/C17H23ClN2O3S2/c1-4-20(5-2)16(13-8-9-24-12-13)11-19-25(21,22)17-10-14(23-3)6-7-15(17)18/h6-10,12,16,19H,4-5,11H2,1-3H3. The van der Waals surface area contributed by atoms with E-state index in [4.69, 9.17) is 16.3 Å². The average molecular weight is 403 g/mol. The van der Waals surface area contributed by atoms with Crippen LogP contribution in [0, 0.1) is 0 Å². The van der Waals surface area contributed by atoms with Crippen LogP contribution in [0.25, 0.3) is 0 Å². The second-order valence-electron chi connectivity index (χ2n) is 5.44. The highest BCUT2D eigenvalue weighted by molar-refractivity contribution is 7.89. The fourth-order valence-corrected chi connectivity index (χ4v) is 4.93. The molecule has 0 aliphatic carbocycles. The van der Waals surface area contributed by atoms with Crippen LogP contribution in [-0.4, -0.2) is 40.1 Å². The predicted molar refractivity (Wildman–Crippen MR) is 103 cm³/mol. The second-order valence-corrected chi connectivity index (χ2v) is 8.36. The summed E-state index contributed by atoms with van der Waals surface area (Å²) in [7, 11) is -2.26. The Hall–Kier alpha value is -1.12. The van der Waals surface area contributed by atoms with Gasteiger partial charge in [-0.15, -0.1) is 0 Å². The number of thiophene rings is 1. The Labute approximate surface area is 158 Å². The summed E-state index contributed by atoms with van der Waals surface area (Å²) in [4.78, 5) is 2.25. The van der Waals surface area contributed by atoms with Gasteiger partial charge in [-0.1, -0.05) is 25.4 Å². The number of nitrogens with one attached hydrogen (secondary N) is 1. The smallest absolute Gasteiger partial charge is 0.242 e. The highest BCUT2D eigenvalue weighted by Gasteiger charge is 2.24. The van der Waals surface area contributed by atoms with Gasteiger partial charge < -0.3 is 4.74 Å². The molecule has 0 aliphatic heterocycles. The first kappa shape index (κ1) is 20.2. The summed E-state index contributed by atoms with van der Waals surface area (Å²) in [6.45, 7) is 6.07. The van der Waals surface area contributed by atoms with Crippen LogP contribution >= 0.6 is 22.9 Å². The molecule has 0 aliphatic rings. The number of sulfonamides is 1. The van der Waals surface area contributed by atoms with Crippen molar-refractivity contribution < 1.29 is 13.2 Å². The number of halogens is 1. The van der Waals surface area contributed by atoms with E-state index in [2.05, 4.69) is 28.8 Å². The van der Waals surface area contributed by atoms with Gasteiger partial charge in [0.2, 0.25) is 10.0 Å². The third kappa shape index (κ3) is 4.95. The van der Waals surface area contributed by atoms with Gasteiger partial charge in [0.15, 0.2) is 0 Å². The highest BCUT2D eigenvalue weighted by Crippen LogP contribution is 2.27. The van der Waals surface area contributed by atoms with E-state index in [-0.39, 0.29) is 22.5 Å². The number of benzene rings is 1. The Morgan fingerprint density at radius 2 is 2.00 bits per heavy atom. The molecule has 0 radical (unpaired) electrons. The molecule has 0 amide bonds. The van der Waals surface area contributed by atoms with Gasteiger partial charge in [-0.05, 0) is 47.6 Å². The van der Waals surface area contributed by atoms with Gasteiger partial charge in [0.05, 0.1) is 12.1 Å². The van der Waals surface area contributed by atoms with Gasteiger partial charge in [0.25, 0.3) is 0 Å². The van der Waals surface area contributed by atoms with Crippen molar-refractivity contribution in [1.29, 1.82) is 0 Å². The first-order valence-corrected chi connectivity index (χ1v) is 10.8. The van der Waals surface area contributed by atoms with E-state index in [1.165, 1.54) is 19.2 Å². The van der Waals surface area contributed by atoms with E-state index in [9.17, 15) is 8.42 Å². The Kier molecular flexibility index (Phi) is 7.27. The summed E-state index contributed by atoms with van der Waals surface area (Å²) in [5, 5.41) is 4.22. The van der Waals surface area contributed by atoms with Gasteiger partial charge >= 0.3 is 0 Å². The SMILES string of the molecule is CCN(CC)C(CNS(=O)(=O)c1cc(OC)ccc1Cl)c1ccsc1. The lowest BCUT2D eigenvalue weighted by atomic mass is 10.1. The molecule has 1 heterocycles. The number of hydrogen-bond acceptors (Lipinski definition) is 5. The van der Waals surface area contributed by atoms with Crippen molar-refractivity contribution in [2.75, 3.05) is 26.7 Å². The number of rotatable bonds is 9. The lowest BCUT2D eigenvalue weighted by Crippen LogP contribution is -2.38. The second kappa shape index (κ2) is 9.00. The molecule has 25 heavy (non-hydrogen) atoms. The van der Waals surface area contributed by atoms with E-state index >= 15 is 0 Å². The van der Waals surface area contributed by atoms with Gasteiger partial charge in [0.1, 0.15) is 10.6 Å². The van der Waals surface area contributed by atoms with Gasteiger partial charge in [-0.3, -0.25) is 4.90 Å². The van der Waals surface area contributed by atoms with E-state index in [0.717, 1.165) is 18.7 Å². The predicted octanol–water partition coefficient (Wildman–Crippen LogP) is 3.77. The van der Waals surface area contributed by atoms with Crippen molar-refractivity contribution in [1.82, 2.24) is 9.62 Å². The summed E-state index contributed by atoms with van der Waals surface area (Å²) in [5.74, 6) is 0.447. The molecule has 1 N–H and O–H groups in total. The van der Waals surface area contributed by atoms with Crippen LogP contribution in [0.4, 0.5) is 0 Å². The molecule has 2 rings (SSSR count). The van der Waals surface area contributed by atoms with Crippen LogP contribution in [0.3, 0.4) is 0 Å². The minimum absolute atomic E-state index is 0.0251. The van der Waals surface area contributed by atoms with Crippen molar-refractivity contribution >= 4 is 33.0 Å². The zero-order chi connectivity index (χ0) is 18.4. The molecule has 5 nitrogen and oxygen atoms in total. The van der Waals surface area contributed by atoms with Crippen molar-refractivity contribution in [3.05, 3.63) is 45.6 Å². The molecular weight excluding hydrogens is 380 g/mol. The van der Waals surface area contributed by atoms with Gasteiger partial charge in [-0.2, -0.15) is 11.3 Å². The summed E-state index contributed by atoms with van der Waals surface area (Å²) < 4.78 is 33.3. The topological polar surface area (TPSA) is 58.6 Å². The summed E-state index contributed by atoms with van der Waals surface area (Å²) in [6.07, 6.45) is 0. The van der Waals surface area contributed by atoms with Crippen LogP contribution in [-0.2, 0) is 10.0 Å². The van der Waals surface area contributed by atoms with Crippen molar-refractivity contribution in [3.63, 3.8) is 0 Å². The molecule has 0 saturated carbocycles. The van der Waals surface area contributed by atoms with E-state index in [0.29, 0.717) is 5.75 Å². The molecular formula is C17H23ClN2O3S2. The molecule has 1 unspecified atom stereocenters. The summed E-state index contributed by atoms with van der Waals surface area (Å²) in [5.41, 5.74) is 1.10. The number of ether oxygens (including phenoxy) is 1. The maximum atomic E-state index is 12.7. The van der Waals surface area contributed by atoms with Gasteiger partial charge in [0, 0.05) is 18.7 Å². The van der Waals surface area contributed by atoms with Crippen LogP contribution in [0.15, 0.2) is 39.9 Å². The Bertz CT molecular complexity index is 775. The molecule has 2 aromatic rings. The van der Waals surface area contributed by atoms with Crippen molar-refractivity contribution in [3.8, 4) is 5.75 Å². The fraction of sp³-hybridized carbons (Fsp3) is 0.412. The molecule has 0 spiro atoms. The lowest BCUT2D eigenvalue weighted by Gasteiger charge is -2.29. The first-order valence-electron chi connectivity index (χ1n) is 8.02. The third-order valence-corrected chi connectivity index (χ3v) is 6.68. The fourth-order valence-electron chi connectivity index (χ4n) is 2.67. The van der Waals surface area contributed by atoms with E-state index in [1.807, 2.05) is 11.4 Å². The lowest BCUT2D eigenvalue weighted by molar-refractivity contribution is 0.220. The summed E-state index contributed by atoms with van der Waals surface area (Å²) >= 11 is 7.69. The minimum Gasteiger partial charge on any atom is -0.497 e. The molecule has 0 saturated heterocycles. The first-order chi connectivity index (χ1) is 11.9. The number of methoxy groups -OCH3 is 1. The molecule has 1 aromatic carbocycles. The van der Waals surface area contributed by atoms with E-state index < -0.39 is 10.0 Å². The number of likely N-dealkylation sites (N-methyl/N-ethyl adjacent to an activating group) is 1. The van der Waals surface area contributed by atoms with Crippen molar-refractivity contribution in [2.24, 2.45) is 0 Å². The number of nitrogens with zero attached hydrogens (tertiary/aromatic N) is 1. The average Bonchev–Trinajstić information content (AvgIpc) is 3.13. The third-order valence-electron chi connectivity index (χ3n) is 4.08. The van der Waals surface area contributed by atoms with Gasteiger partial charge in [-0.25, -0.2) is 13.1 Å². The molecule has 1 aromatic heterocycles. The normalized spacial score (nSPS) is 13.2. The zero-order valence-corrected chi connectivity index (χ0v) is 16.9. The Morgan fingerprint density at radius 1 is 1.28 bits per heavy atom. The maximum Gasteiger partial charge on any atom is 0.242 e. The quantitative estimate of drug-likeness (QED) is 0.693. The summed E-state index contributed by atoms with van der Waals surface area (Å²) in [6, 6.07) is 6.59. The maximum absolute atomic E-state index is 12.7. The monoisotopic (exact) mass is 402 g/mol. The minimum atomic E-state index is -3.74. The largest absolute Gasteiger partial charge is 0.497 e. The van der Waals surface area contributed by atoms with Crippen LogP contribution in [0.5, 0.6) is 5.75 Å². The molecule has 8 heteroatoms. The highest BCUT2D eigenvalue weighted by atomic mass is 35.5.